The van der Waals surface area contributed by atoms with Gasteiger partial charge in [-0.1, -0.05) is 48.0 Å². The first-order valence-corrected chi connectivity index (χ1v) is 8.11. The largest absolute Gasteiger partial charge is 0.352 e. The maximum absolute atomic E-state index is 12.1. The van der Waals surface area contributed by atoms with Crippen molar-refractivity contribution >= 4 is 5.91 Å². The summed E-state index contributed by atoms with van der Waals surface area (Å²) in [5, 5.41) is 2.96. The molecular weight excluding hydrogens is 298 g/mol. The Morgan fingerprint density at radius 2 is 1.83 bits per heavy atom. The Labute approximate surface area is 142 Å². The van der Waals surface area contributed by atoms with Crippen LogP contribution in [0.1, 0.15) is 27.3 Å². The monoisotopic (exact) mass is 319 g/mol. The molecule has 122 valence electrons. The third-order valence-electron chi connectivity index (χ3n) is 3.95. The molecule has 0 bridgehead atoms. The molecule has 0 spiro atoms. The van der Waals surface area contributed by atoms with Gasteiger partial charge in [0.15, 0.2) is 0 Å². The molecule has 3 aromatic rings. The van der Waals surface area contributed by atoms with E-state index in [-0.39, 0.29) is 5.91 Å². The molecule has 1 heterocycles. The molecule has 0 aliphatic carbocycles. The predicted molar refractivity (Wildman–Crippen MR) is 95.0 cm³/mol. The van der Waals surface area contributed by atoms with Crippen LogP contribution in [0.25, 0.3) is 0 Å². The number of imidazole rings is 1. The van der Waals surface area contributed by atoms with E-state index >= 15 is 0 Å². The second-order valence-corrected chi connectivity index (χ2v) is 5.83. The summed E-state index contributed by atoms with van der Waals surface area (Å²) < 4.78 is 2.12. The van der Waals surface area contributed by atoms with Crippen LogP contribution in [0.3, 0.4) is 0 Å². The van der Waals surface area contributed by atoms with Gasteiger partial charge in [-0.2, -0.15) is 0 Å². The summed E-state index contributed by atoms with van der Waals surface area (Å²) in [6.07, 6.45) is 4.49. The van der Waals surface area contributed by atoms with E-state index in [0.29, 0.717) is 18.5 Å². The first-order chi connectivity index (χ1) is 11.7. The van der Waals surface area contributed by atoms with Gasteiger partial charge in [0, 0.05) is 37.5 Å². The fraction of sp³-hybridized carbons (Fsp3) is 0.200. The molecular formula is C20H21N3O. The van der Waals surface area contributed by atoms with Crippen molar-refractivity contribution in [3.8, 4) is 0 Å². The topological polar surface area (TPSA) is 46.9 Å². The number of hydrogen-bond donors (Lipinski definition) is 1. The summed E-state index contributed by atoms with van der Waals surface area (Å²) in [6, 6.07) is 17.9. The second-order valence-electron chi connectivity index (χ2n) is 5.83. The van der Waals surface area contributed by atoms with Crippen LogP contribution in [-0.2, 0) is 13.0 Å². The predicted octanol–water partition coefficient (Wildman–Crippen LogP) is 3.21. The molecule has 1 aromatic heterocycles. The third kappa shape index (κ3) is 4.10. The van der Waals surface area contributed by atoms with Gasteiger partial charge in [0.05, 0.1) is 0 Å². The van der Waals surface area contributed by atoms with Crippen LogP contribution in [0, 0.1) is 6.92 Å². The highest BCUT2D eigenvalue weighted by Gasteiger charge is 2.07. The van der Waals surface area contributed by atoms with Gasteiger partial charge < -0.3 is 9.88 Å². The minimum atomic E-state index is -0.0452. The molecule has 0 saturated carbocycles. The average Bonchev–Trinajstić information content (AvgIpc) is 3.03. The standard InChI is InChI=1S/C20H21N3O/c1-16-7-9-18(10-8-16)20(24)22-12-11-19-21-13-14-23(19)15-17-5-3-2-4-6-17/h2-10,13-14H,11-12,15H2,1H3,(H,22,24). The van der Waals surface area contributed by atoms with Crippen molar-refractivity contribution in [2.45, 2.75) is 19.9 Å². The van der Waals surface area contributed by atoms with E-state index in [4.69, 9.17) is 0 Å². The van der Waals surface area contributed by atoms with Gasteiger partial charge in [-0.25, -0.2) is 4.98 Å². The van der Waals surface area contributed by atoms with E-state index in [9.17, 15) is 4.79 Å². The molecule has 0 unspecified atom stereocenters. The van der Waals surface area contributed by atoms with Crippen LogP contribution >= 0.6 is 0 Å². The maximum atomic E-state index is 12.1. The fourth-order valence-electron chi connectivity index (χ4n) is 2.59. The van der Waals surface area contributed by atoms with E-state index in [1.54, 1.807) is 6.20 Å². The van der Waals surface area contributed by atoms with Crippen LogP contribution in [0.4, 0.5) is 0 Å². The summed E-state index contributed by atoms with van der Waals surface area (Å²) in [5.41, 5.74) is 3.07. The van der Waals surface area contributed by atoms with Gasteiger partial charge in [-0.3, -0.25) is 4.79 Å². The molecule has 4 heteroatoms. The molecule has 0 radical (unpaired) electrons. The first-order valence-electron chi connectivity index (χ1n) is 8.11. The third-order valence-corrected chi connectivity index (χ3v) is 3.95. The molecule has 1 N–H and O–H groups in total. The van der Waals surface area contributed by atoms with Crippen molar-refractivity contribution in [3.05, 3.63) is 89.5 Å². The van der Waals surface area contributed by atoms with Crippen molar-refractivity contribution in [2.24, 2.45) is 0 Å². The number of carbonyl (C=O) groups excluding carboxylic acids is 1. The van der Waals surface area contributed by atoms with Gasteiger partial charge in [0.2, 0.25) is 0 Å². The molecule has 3 rings (SSSR count). The lowest BCUT2D eigenvalue weighted by atomic mass is 10.1. The van der Waals surface area contributed by atoms with Crippen LogP contribution in [0.5, 0.6) is 0 Å². The zero-order valence-electron chi connectivity index (χ0n) is 13.8. The highest BCUT2D eigenvalue weighted by atomic mass is 16.1. The summed E-state index contributed by atoms with van der Waals surface area (Å²) in [4.78, 5) is 16.5. The van der Waals surface area contributed by atoms with Crippen LogP contribution in [0.2, 0.25) is 0 Å². The van der Waals surface area contributed by atoms with E-state index in [1.165, 1.54) is 5.56 Å². The lowest BCUT2D eigenvalue weighted by molar-refractivity contribution is 0.0954. The Morgan fingerprint density at radius 3 is 2.58 bits per heavy atom. The summed E-state index contributed by atoms with van der Waals surface area (Å²) in [6.45, 7) is 3.37. The van der Waals surface area contributed by atoms with Crippen molar-refractivity contribution in [1.29, 1.82) is 0 Å². The minimum Gasteiger partial charge on any atom is -0.352 e. The molecule has 0 fully saturated rings. The highest BCUT2D eigenvalue weighted by molar-refractivity contribution is 5.94. The Kier molecular flexibility index (Phi) is 5.06. The second kappa shape index (κ2) is 7.59. The average molecular weight is 319 g/mol. The lowest BCUT2D eigenvalue weighted by Gasteiger charge is -2.09. The normalized spacial score (nSPS) is 10.5. The summed E-state index contributed by atoms with van der Waals surface area (Å²) in [5.74, 6) is 0.930. The number of hydrogen-bond acceptors (Lipinski definition) is 2. The summed E-state index contributed by atoms with van der Waals surface area (Å²) in [7, 11) is 0. The van der Waals surface area contributed by atoms with Gasteiger partial charge in [0.25, 0.3) is 5.91 Å². The molecule has 1 amide bonds. The lowest BCUT2D eigenvalue weighted by Crippen LogP contribution is -2.26. The number of nitrogens with zero attached hydrogens (tertiary/aromatic N) is 2. The number of aryl methyl sites for hydroxylation is 1. The number of nitrogens with one attached hydrogen (secondary N) is 1. The molecule has 2 aromatic carbocycles. The van der Waals surface area contributed by atoms with Crippen LogP contribution in [-0.4, -0.2) is 22.0 Å². The first kappa shape index (κ1) is 16.0. The molecule has 0 saturated heterocycles. The van der Waals surface area contributed by atoms with Crippen molar-refractivity contribution < 1.29 is 4.79 Å². The van der Waals surface area contributed by atoms with E-state index in [1.807, 2.05) is 55.6 Å². The van der Waals surface area contributed by atoms with Gasteiger partial charge in [-0.15, -0.1) is 0 Å². The van der Waals surface area contributed by atoms with Crippen molar-refractivity contribution in [3.63, 3.8) is 0 Å². The number of carbonyl (C=O) groups is 1. The highest BCUT2D eigenvalue weighted by Crippen LogP contribution is 2.06. The maximum Gasteiger partial charge on any atom is 0.251 e. The zero-order valence-corrected chi connectivity index (χ0v) is 13.8. The molecule has 0 aliphatic rings. The molecule has 0 aliphatic heterocycles. The van der Waals surface area contributed by atoms with E-state index < -0.39 is 0 Å². The Bertz CT molecular complexity index is 791. The number of amides is 1. The van der Waals surface area contributed by atoms with Crippen molar-refractivity contribution in [2.75, 3.05) is 6.54 Å². The van der Waals surface area contributed by atoms with E-state index in [0.717, 1.165) is 17.9 Å². The molecule has 4 nitrogen and oxygen atoms in total. The van der Waals surface area contributed by atoms with Gasteiger partial charge >= 0.3 is 0 Å². The Morgan fingerprint density at radius 1 is 1.08 bits per heavy atom. The SMILES string of the molecule is Cc1ccc(C(=O)NCCc2nccn2Cc2ccccc2)cc1. The zero-order chi connectivity index (χ0) is 16.8. The van der Waals surface area contributed by atoms with E-state index in [2.05, 4.69) is 27.0 Å². The molecule has 0 atom stereocenters. The summed E-state index contributed by atoms with van der Waals surface area (Å²) >= 11 is 0. The van der Waals surface area contributed by atoms with Crippen LogP contribution < -0.4 is 5.32 Å². The van der Waals surface area contributed by atoms with Crippen LogP contribution in [0.15, 0.2) is 67.0 Å². The van der Waals surface area contributed by atoms with Crippen molar-refractivity contribution in [1.82, 2.24) is 14.9 Å². The molecule has 24 heavy (non-hydrogen) atoms. The number of aromatic nitrogens is 2. The van der Waals surface area contributed by atoms with Gasteiger partial charge in [-0.05, 0) is 24.6 Å². The number of benzene rings is 2. The quantitative estimate of drug-likeness (QED) is 0.758. The van der Waals surface area contributed by atoms with Gasteiger partial charge in [0.1, 0.15) is 5.82 Å². The fourth-order valence-corrected chi connectivity index (χ4v) is 2.59. The Hall–Kier alpha value is -2.88. The minimum absolute atomic E-state index is 0.0452. The smallest absolute Gasteiger partial charge is 0.251 e. The Balaban J connectivity index is 1.55. The number of rotatable bonds is 6.